The zero-order valence-electron chi connectivity index (χ0n) is 14.2. The molecule has 3 saturated heterocycles. The van der Waals surface area contributed by atoms with E-state index in [-0.39, 0.29) is 6.10 Å². The molecule has 6 nitrogen and oxygen atoms in total. The van der Waals surface area contributed by atoms with Gasteiger partial charge < -0.3 is 28.8 Å². The Bertz CT molecular complexity index is 470. The molecule has 0 aromatic rings. The fraction of sp³-hybridized carbons (Fsp3) is 1.00. The number of hydrogen-bond acceptors (Lipinski definition) is 6. The molecular weight excluding hydrogens is 312 g/mol. The van der Waals surface area contributed by atoms with Crippen LogP contribution in [-0.2, 0) is 23.7 Å². The topological polar surface area (TPSA) is 66.4 Å². The van der Waals surface area contributed by atoms with Crippen LogP contribution in [0.1, 0.15) is 64.2 Å². The maximum atomic E-state index is 10.8. The molecule has 24 heavy (non-hydrogen) atoms. The summed E-state index contributed by atoms with van der Waals surface area (Å²) in [6.45, 7) is 0.478. The second kappa shape index (κ2) is 5.89. The fourth-order valence-electron chi connectivity index (χ4n) is 5.09. The molecule has 0 aromatic heterocycles. The second-order valence-electron chi connectivity index (χ2n) is 8.07. The Hall–Kier alpha value is -0.240. The number of rotatable bonds is 1. The fourth-order valence-corrected chi connectivity index (χ4v) is 5.09. The van der Waals surface area contributed by atoms with E-state index in [9.17, 15) is 5.11 Å². The summed E-state index contributed by atoms with van der Waals surface area (Å²) in [6, 6.07) is 0. The molecule has 1 N–H and O–H groups in total. The minimum atomic E-state index is -0.719. The van der Waals surface area contributed by atoms with E-state index in [1.165, 1.54) is 12.8 Å². The van der Waals surface area contributed by atoms with Crippen LogP contribution in [0.15, 0.2) is 0 Å². The molecule has 5 rings (SSSR count). The van der Waals surface area contributed by atoms with Gasteiger partial charge in [0.2, 0.25) is 0 Å². The molecule has 2 aliphatic carbocycles. The van der Waals surface area contributed by atoms with E-state index in [0.29, 0.717) is 6.61 Å². The van der Waals surface area contributed by atoms with Gasteiger partial charge in [-0.2, -0.15) is 0 Å². The molecule has 2 spiro atoms. The Morgan fingerprint density at radius 3 is 2.04 bits per heavy atom. The van der Waals surface area contributed by atoms with Crippen LogP contribution in [0, 0.1) is 0 Å². The highest BCUT2D eigenvalue weighted by molar-refractivity contribution is 5.00. The van der Waals surface area contributed by atoms with Crippen molar-refractivity contribution < 1.29 is 28.8 Å². The Morgan fingerprint density at radius 1 is 0.708 bits per heavy atom. The predicted molar refractivity (Wildman–Crippen MR) is 83.1 cm³/mol. The van der Waals surface area contributed by atoms with Gasteiger partial charge in [-0.15, -0.1) is 0 Å². The van der Waals surface area contributed by atoms with Crippen molar-refractivity contribution >= 4 is 0 Å². The molecule has 0 aromatic carbocycles. The monoisotopic (exact) mass is 340 g/mol. The van der Waals surface area contributed by atoms with E-state index < -0.39 is 36.2 Å². The molecule has 5 atom stereocenters. The van der Waals surface area contributed by atoms with Gasteiger partial charge in [0, 0.05) is 25.7 Å². The summed E-state index contributed by atoms with van der Waals surface area (Å²) in [5.74, 6) is -0.979. The van der Waals surface area contributed by atoms with Crippen molar-refractivity contribution in [3.8, 4) is 0 Å². The second-order valence-corrected chi connectivity index (χ2v) is 8.07. The van der Waals surface area contributed by atoms with E-state index in [4.69, 9.17) is 23.7 Å². The number of aliphatic hydroxyl groups is 1. The van der Waals surface area contributed by atoms with Crippen LogP contribution in [0.5, 0.6) is 0 Å². The zero-order chi connectivity index (χ0) is 16.2. The predicted octanol–water partition coefficient (Wildman–Crippen LogP) is 2.22. The maximum absolute atomic E-state index is 10.8. The maximum Gasteiger partial charge on any atom is 0.190 e. The third kappa shape index (κ3) is 2.54. The summed E-state index contributed by atoms with van der Waals surface area (Å²) in [6.07, 6.45) is 8.38. The first-order chi connectivity index (χ1) is 11.7. The van der Waals surface area contributed by atoms with Gasteiger partial charge in [-0.1, -0.05) is 12.8 Å². The van der Waals surface area contributed by atoms with E-state index in [0.717, 1.165) is 51.4 Å². The van der Waals surface area contributed by atoms with Gasteiger partial charge in [-0.05, 0) is 25.7 Å². The van der Waals surface area contributed by atoms with E-state index in [1.807, 2.05) is 0 Å². The average Bonchev–Trinajstić information content (AvgIpc) is 3.23. The first-order valence-electron chi connectivity index (χ1n) is 9.70. The van der Waals surface area contributed by atoms with Crippen LogP contribution < -0.4 is 0 Å². The van der Waals surface area contributed by atoms with Gasteiger partial charge in [0.15, 0.2) is 17.9 Å². The number of ether oxygens (including phenoxy) is 5. The molecule has 0 amide bonds. The van der Waals surface area contributed by atoms with Crippen molar-refractivity contribution in [2.75, 3.05) is 6.61 Å². The van der Waals surface area contributed by atoms with Crippen LogP contribution in [0.3, 0.4) is 0 Å². The quantitative estimate of drug-likeness (QED) is 0.789. The third-order valence-electron chi connectivity index (χ3n) is 6.39. The Balaban J connectivity index is 1.24. The Morgan fingerprint density at radius 2 is 1.38 bits per heavy atom. The molecule has 5 fully saturated rings. The van der Waals surface area contributed by atoms with Gasteiger partial charge in [-0.25, -0.2) is 0 Å². The van der Waals surface area contributed by atoms with Crippen LogP contribution in [0.25, 0.3) is 0 Å². The number of fused-ring (bicyclic) bond motifs is 1. The van der Waals surface area contributed by atoms with Crippen LogP contribution in [0.2, 0.25) is 0 Å². The molecule has 2 saturated carbocycles. The first-order valence-corrected chi connectivity index (χ1v) is 9.70. The third-order valence-corrected chi connectivity index (χ3v) is 6.39. The van der Waals surface area contributed by atoms with E-state index >= 15 is 0 Å². The average molecular weight is 340 g/mol. The van der Waals surface area contributed by atoms with E-state index in [2.05, 4.69) is 0 Å². The lowest BCUT2D eigenvalue weighted by Gasteiger charge is -2.34. The molecular formula is C18H28O6. The summed E-state index contributed by atoms with van der Waals surface area (Å²) in [7, 11) is 0. The van der Waals surface area contributed by atoms with E-state index in [1.54, 1.807) is 0 Å². The van der Waals surface area contributed by atoms with Crippen molar-refractivity contribution in [2.24, 2.45) is 0 Å². The molecule has 3 aliphatic heterocycles. The summed E-state index contributed by atoms with van der Waals surface area (Å²) in [5, 5.41) is 10.8. The normalized spacial score (nSPS) is 46.6. The summed E-state index contributed by atoms with van der Waals surface area (Å²) in [4.78, 5) is 0. The lowest BCUT2D eigenvalue weighted by Crippen LogP contribution is -2.44. The van der Waals surface area contributed by atoms with Crippen molar-refractivity contribution in [3.63, 3.8) is 0 Å². The highest BCUT2D eigenvalue weighted by Gasteiger charge is 2.60. The van der Waals surface area contributed by atoms with Crippen LogP contribution in [-0.4, -0.2) is 54.0 Å². The minimum Gasteiger partial charge on any atom is -0.387 e. The summed E-state index contributed by atoms with van der Waals surface area (Å²) in [5.41, 5.74) is 0. The van der Waals surface area contributed by atoms with Gasteiger partial charge >= 0.3 is 0 Å². The number of hydrogen-bond donors (Lipinski definition) is 1. The van der Waals surface area contributed by atoms with Crippen LogP contribution >= 0.6 is 0 Å². The van der Waals surface area contributed by atoms with Crippen LogP contribution in [0.4, 0.5) is 0 Å². The van der Waals surface area contributed by atoms with Gasteiger partial charge in [0.05, 0.1) is 6.61 Å². The molecule has 3 unspecified atom stereocenters. The first kappa shape index (κ1) is 16.0. The highest BCUT2D eigenvalue weighted by Crippen LogP contribution is 2.47. The molecule has 3 heterocycles. The zero-order valence-corrected chi connectivity index (χ0v) is 14.2. The smallest absolute Gasteiger partial charge is 0.190 e. The molecule has 0 bridgehead atoms. The number of aliphatic hydroxyl groups excluding tert-OH is 1. The summed E-state index contributed by atoms with van der Waals surface area (Å²) < 4.78 is 30.5. The van der Waals surface area contributed by atoms with Gasteiger partial charge in [0.1, 0.15) is 24.4 Å². The minimum absolute atomic E-state index is 0.238. The van der Waals surface area contributed by atoms with Crippen molar-refractivity contribution in [1.82, 2.24) is 0 Å². The molecule has 5 aliphatic rings. The van der Waals surface area contributed by atoms with Gasteiger partial charge in [0.25, 0.3) is 0 Å². The van der Waals surface area contributed by atoms with Gasteiger partial charge in [-0.3, -0.25) is 0 Å². The SMILES string of the molecule is O[C@@H]1C2OC3(CCCCC3)OC2O[C@@H]1C1COC2(CCCCC2)O1. The van der Waals surface area contributed by atoms with Crippen molar-refractivity contribution in [3.05, 3.63) is 0 Å². The highest BCUT2D eigenvalue weighted by atomic mass is 16.8. The lowest BCUT2D eigenvalue weighted by molar-refractivity contribution is -0.259. The Labute approximate surface area is 142 Å². The largest absolute Gasteiger partial charge is 0.387 e. The lowest BCUT2D eigenvalue weighted by atomic mass is 9.94. The summed E-state index contributed by atoms with van der Waals surface area (Å²) >= 11 is 0. The van der Waals surface area contributed by atoms with Crippen molar-refractivity contribution in [1.29, 1.82) is 0 Å². The molecule has 136 valence electrons. The Kier molecular flexibility index (Phi) is 3.92. The molecule has 6 heteroatoms. The standard InChI is InChI=1S/C18H28O6/c19-13-14(12-11-20-17(22-12)7-3-1-4-8-17)21-16-15(13)23-18(24-16)9-5-2-6-10-18/h12-16,19H,1-11H2/t12?,13-,14+,15?,16?/m0/s1. The van der Waals surface area contributed by atoms with Crippen molar-refractivity contribution in [2.45, 2.75) is 106 Å². The molecule has 0 radical (unpaired) electrons.